The molecule has 2 aromatic heterocycles. The number of aromatic nitrogens is 1. The molecule has 0 radical (unpaired) electrons. The van der Waals surface area contributed by atoms with Gasteiger partial charge in [-0.05, 0) is 54.6 Å². The quantitative estimate of drug-likeness (QED) is 0.460. The molecule has 0 saturated heterocycles. The number of rotatable bonds is 4. The zero-order chi connectivity index (χ0) is 17.2. The van der Waals surface area contributed by atoms with E-state index in [-0.39, 0.29) is 0 Å². The van der Waals surface area contributed by atoms with Crippen molar-refractivity contribution in [3.8, 4) is 22.3 Å². The predicted octanol–water partition coefficient (Wildman–Crippen LogP) is 6.45. The first-order chi connectivity index (χ1) is 12.2. The van der Waals surface area contributed by atoms with E-state index in [1.54, 1.807) is 11.3 Å². The van der Waals surface area contributed by atoms with Crippen LogP contribution >= 0.6 is 11.3 Å². The topological polar surface area (TPSA) is 24.9 Å². The summed E-state index contributed by atoms with van der Waals surface area (Å²) in [6, 6.07) is 19.9. The average Bonchev–Trinajstić information content (AvgIpc) is 3.05. The number of benzene rings is 2. The van der Waals surface area contributed by atoms with Crippen LogP contribution in [0.1, 0.15) is 13.8 Å². The number of nitrogens with zero attached hydrogens (tertiary/aromatic N) is 1. The Morgan fingerprint density at radius 2 is 1.76 bits per heavy atom. The van der Waals surface area contributed by atoms with Gasteiger partial charge in [-0.25, -0.2) is 0 Å². The second-order valence-electron chi connectivity index (χ2n) is 6.48. The van der Waals surface area contributed by atoms with Crippen LogP contribution in [-0.2, 0) is 0 Å². The number of anilines is 1. The minimum absolute atomic E-state index is 0.428. The van der Waals surface area contributed by atoms with Crippen molar-refractivity contribution in [3.63, 3.8) is 0 Å². The highest BCUT2D eigenvalue weighted by molar-refractivity contribution is 7.17. The molecule has 0 aliphatic heterocycles. The number of pyridine rings is 1. The van der Waals surface area contributed by atoms with Crippen LogP contribution in [0, 0.1) is 0 Å². The van der Waals surface area contributed by atoms with E-state index in [4.69, 9.17) is 0 Å². The number of fused-ring (bicyclic) bond motifs is 1. The van der Waals surface area contributed by atoms with Crippen molar-refractivity contribution in [1.29, 1.82) is 0 Å². The van der Waals surface area contributed by atoms with Gasteiger partial charge in [0.2, 0.25) is 0 Å². The Morgan fingerprint density at radius 3 is 2.56 bits per heavy atom. The van der Waals surface area contributed by atoms with E-state index in [1.807, 2.05) is 18.5 Å². The molecule has 25 heavy (non-hydrogen) atoms. The van der Waals surface area contributed by atoms with Crippen molar-refractivity contribution >= 4 is 27.1 Å². The van der Waals surface area contributed by atoms with Crippen molar-refractivity contribution in [3.05, 3.63) is 72.4 Å². The molecule has 0 fully saturated rings. The first-order valence-electron chi connectivity index (χ1n) is 8.49. The molecule has 0 aliphatic carbocycles. The Hall–Kier alpha value is -2.65. The van der Waals surface area contributed by atoms with Crippen LogP contribution in [0.25, 0.3) is 32.3 Å². The highest BCUT2D eigenvalue weighted by atomic mass is 32.1. The van der Waals surface area contributed by atoms with Gasteiger partial charge in [-0.2, -0.15) is 0 Å². The molecule has 0 atom stereocenters. The smallest absolute Gasteiger partial charge is 0.0355 e. The highest BCUT2D eigenvalue weighted by Gasteiger charge is 2.08. The fraction of sp³-hybridized carbons (Fsp3) is 0.136. The van der Waals surface area contributed by atoms with E-state index in [9.17, 15) is 0 Å². The van der Waals surface area contributed by atoms with Gasteiger partial charge in [0.05, 0.1) is 0 Å². The standard InChI is InChI=1S/C22H20N2S/c1-15(2)24-19-7-3-5-16(11-19)17-8-9-20-21(14-25-22(20)12-17)18-6-4-10-23-13-18/h3-15,24H,1-2H3. The zero-order valence-corrected chi connectivity index (χ0v) is 15.2. The lowest BCUT2D eigenvalue weighted by molar-refractivity contribution is 0.900. The minimum Gasteiger partial charge on any atom is -0.383 e. The van der Waals surface area contributed by atoms with Crippen molar-refractivity contribution in [1.82, 2.24) is 4.98 Å². The summed E-state index contributed by atoms with van der Waals surface area (Å²) < 4.78 is 1.30. The van der Waals surface area contributed by atoms with Gasteiger partial charge in [-0.3, -0.25) is 4.98 Å². The fourth-order valence-corrected chi connectivity index (χ4v) is 4.08. The van der Waals surface area contributed by atoms with E-state index < -0.39 is 0 Å². The maximum atomic E-state index is 4.24. The molecular weight excluding hydrogens is 324 g/mol. The van der Waals surface area contributed by atoms with E-state index in [1.165, 1.54) is 32.3 Å². The number of thiophene rings is 1. The Balaban J connectivity index is 1.73. The zero-order valence-electron chi connectivity index (χ0n) is 14.4. The SMILES string of the molecule is CC(C)Nc1cccc(-c2ccc3c(-c4cccnc4)csc3c2)c1. The van der Waals surface area contributed by atoms with E-state index in [2.05, 4.69) is 78.1 Å². The predicted molar refractivity (Wildman–Crippen MR) is 109 cm³/mol. The van der Waals surface area contributed by atoms with Gasteiger partial charge < -0.3 is 5.32 Å². The molecule has 4 aromatic rings. The van der Waals surface area contributed by atoms with E-state index >= 15 is 0 Å². The van der Waals surface area contributed by atoms with Crippen LogP contribution in [0.4, 0.5) is 5.69 Å². The van der Waals surface area contributed by atoms with Crippen molar-refractivity contribution in [2.75, 3.05) is 5.32 Å². The summed E-state index contributed by atoms with van der Waals surface area (Å²) in [5.41, 5.74) is 6.08. The molecule has 0 bridgehead atoms. The van der Waals surface area contributed by atoms with Crippen molar-refractivity contribution in [2.24, 2.45) is 0 Å². The van der Waals surface area contributed by atoms with Crippen LogP contribution in [-0.4, -0.2) is 11.0 Å². The van der Waals surface area contributed by atoms with Gasteiger partial charge >= 0.3 is 0 Å². The van der Waals surface area contributed by atoms with Gasteiger partial charge in [-0.1, -0.05) is 30.3 Å². The second-order valence-corrected chi connectivity index (χ2v) is 7.39. The summed E-state index contributed by atoms with van der Waals surface area (Å²) in [7, 11) is 0. The van der Waals surface area contributed by atoms with Gasteiger partial charge in [0.15, 0.2) is 0 Å². The highest BCUT2D eigenvalue weighted by Crippen LogP contribution is 2.36. The molecule has 0 saturated carbocycles. The van der Waals surface area contributed by atoms with Crippen molar-refractivity contribution < 1.29 is 0 Å². The molecule has 124 valence electrons. The number of hydrogen-bond acceptors (Lipinski definition) is 3. The van der Waals surface area contributed by atoms with Gasteiger partial charge in [0.1, 0.15) is 0 Å². The molecule has 2 nitrogen and oxygen atoms in total. The molecule has 0 spiro atoms. The van der Waals surface area contributed by atoms with Gasteiger partial charge in [0, 0.05) is 45.3 Å². The fourth-order valence-electron chi connectivity index (χ4n) is 3.08. The summed E-state index contributed by atoms with van der Waals surface area (Å²) in [6.45, 7) is 4.31. The lowest BCUT2D eigenvalue weighted by Gasteiger charge is -2.11. The Kier molecular flexibility index (Phi) is 4.24. The lowest BCUT2D eigenvalue weighted by atomic mass is 10.0. The van der Waals surface area contributed by atoms with Crippen LogP contribution in [0.15, 0.2) is 72.4 Å². The summed E-state index contributed by atoms with van der Waals surface area (Å²) in [5, 5.41) is 6.99. The second kappa shape index (κ2) is 6.69. The summed E-state index contributed by atoms with van der Waals surface area (Å²) in [6.07, 6.45) is 3.74. The molecule has 0 unspecified atom stereocenters. The maximum absolute atomic E-state index is 4.24. The molecule has 3 heteroatoms. The Labute approximate surface area is 152 Å². The third kappa shape index (κ3) is 3.28. The molecule has 0 amide bonds. The van der Waals surface area contributed by atoms with E-state index in [0.29, 0.717) is 6.04 Å². The summed E-state index contributed by atoms with van der Waals surface area (Å²) in [4.78, 5) is 4.24. The number of nitrogens with one attached hydrogen (secondary N) is 1. The van der Waals surface area contributed by atoms with Crippen LogP contribution in [0.2, 0.25) is 0 Å². The third-order valence-electron chi connectivity index (χ3n) is 4.20. The Bertz CT molecular complexity index is 1000. The van der Waals surface area contributed by atoms with Crippen molar-refractivity contribution in [2.45, 2.75) is 19.9 Å². The normalized spacial score (nSPS) is 11.2. The third-order valence-corrected chi connectivity index (χ3v) is 5.14. The van der Waals surface area contributed by atoms with Gasteiger partial charge in [-0.15, -0.1) is 11.3 Å². The largest absolute Gasteiger partial charge is 0.383 e. The average molecular weight is 344 g/mol. The first kappa shape index (κ1) is 15.9. The lowest BCUT2D eigenvalue weighted by Crippen LogP contribution is -2.09. The molecular formula is C22H20N2S. The number of hydrogen-bond donors (Lipinski definition) is 1. The monoisotopic (exact) mass is 344 g/mol. The Morgan fingerprint density at radius 1 is 0.920 bits per heavy atom. The van der Waals surface area contributed by atoms with E-state index in [0.717, 1.165) is 5.69 Å². The first-order valence-corrected chi connectivity index (χ1v) is 9.37. The van der Waals surface area contributed by atoms with Gasteiger partial charge in [0.25, 0.3) is 0 Å². The maximum Gasteiger partial charge on any atom is 0.0355 e. The molecule has 1 N–H and O–H groups in total. The molecule has 4 rings (SSSR count). The molecule has 0 aliphatic rings. The molecule has 2 heterocycles. The van der Waals surface area contributed by atoms with Crippen LogP contribution in [0.5, 0.6) is 0 Å². The summed E-state index contributed by atoms with van der Waals surface area (Å²) >= 11 is 1.79. The van der Waals surface area contributed by atoms with Crippen LogP contribution < -0.4 is 5.32 Å². The van der Waals surface area contributed by atoms with Crippen LogP contribution in [0.3, 0.4) is 0 Å². The molecule has 2 aromatic carbocycles. The summed E-state index contributed by atoms with van der Waals surface area (Å²) in [5.74, 6) is 0. The minimum atomic E-state index is 0.428.